The normalized spacial score (nSPS) is 22.0. The number of methoxy groups -OCH3 is 1. The molecule has 0 N–H and O–H groups in total. The number of anilines is 1. The summed E-state index contributed by atoms with van der Waals surface area (Å²) in [5.41, 5.74) is 4.32. The van der Waals surface area contributed by atoms with Gasteiger partial charge in [-0.25, -0.2) is 4.79 Å². The molecule has 3 amide bonds. The first-order chi connectivity index (χ1) is 22.6. The van der Waals surface area contributed by atoms with Crippen molar-refractivity contribution in [3.05, 3.63) is 101 Å². The van der Waals surface area contributed by atoms with E-state index in [1.165, 1.54) is 12.0 Å². The lowest BCUT2D eigenvalue weighted by molar-refractivity contribution is -0.150. The fourth-order valence-electron chi connectivity index (χ4n) is 7.19. The lowest BCUT2D eigenvalue weighted by atomic mass is 9.91. The Morgan fingerprint density at radius 2 is 1.43 bits per heavy atom. The lowest BCUT2D eigenvalue weighted by Crippen LogP contribution is -2.57. The van der Waals surface area contributed by atoms with Crippen LogP contribution in [0.3, 0.4) is 0 Å². The predicted octanol–water partition coefficient (Wildman–Crippen LogP) is 5.85. The van der Waals surface area contributed by atoms with Crippen molar-refractivity contribution in [2.75, 3.05) is 18.6 Å². The Hall–Kier alpha value is -4.66. The van der Waals surface area contributed by atoms with Crippen LogP contribution < -0.4 is 4.90 Å². The van der Waals surface area contributed by atoms with Crippen LogP contribution in [-0.4, -0.2) is 65.5 Å². The summed E-state index contributed by atoms with van der Waals surface area (Å²) in [6.45, 7) is 6.49. The summed E-state index contributed by atoms with van der Waals surface area (Å²) in [6.07, 6.45) is 1.37. The van der Waals surface area contributed by atoms with Crippen molar-refractivity contribution in [1.82, 2.24) is 9.80 Å². The first kappa shape index (κ1) is 32.3. The number of hydrogen-bond acceptors (Lipinski definition) is 6. The van der Waals surface area contributed by atoms with E-state index in [0.717, 1.165) is 22.3 Å². The highest BCUT2D eigenvalue weighted by Crippen LogP contribution is 2.42. The minimum absolute atomic E-state index is 0.0602. The Labute approximate surface area is 276 Å². The third-order valence-corrected chi connectivity index (χ3v) is 9.46. The fraction of sp³-hybridized carbons (Fsp3) is 0.421. The molecule has 47 heavy (non-hydrogen) atoms. The van der Waals surface area contributed by atoms with Gasteiger partial charge in [0.2, 0.25) is 11.8 Å². The second kappa shape index (κ2) is 13.2. The first-order valence-electron chi connectivity index (χ1n) is 16.4. The van der Waals surface area contributed by atoms with Crippen LogP contribution in [0.25, 0.3) is 0 Å². The molecule has 0 saturated carbocycles. The summed E-state index contributed by atoms with van der Waals surface area (Å²) >= 11 is 0. The fourth-order valence-corrected chi connectivity index (χ4v) is 7.19. The minimum atomic E-state index is -0.868. The maximum atomic E-state index is 14.9. The molecule has 9 nitrogen and oxygen atoms in total. The molecule has 0 aromatic heterocycles. The van der Waals surface area contributed by atoms with Crippen molar-refractivity contribution in [2.45, 2.75) is 83.6 Å². The number of nitrogens with zero attached hydrogens (tertiary/aromatic N) is 3. The van der Waals surface area contributed by atoms with Gasteiger partial charge in [-0.2, -0.15) is 0 Å². The van der Waals surface area contributed by atoms with Crippen LogP contribution >= 0.6 is 0 Å². The van der Waals surface area contributed by atoms with Gasteiger partial charge in [0.1, 0.15) is 12.1 Å². The highest BCUT2D eigenvalue weighted by Gasteiger charge is 2.50. The second-order valence-electron chi connectivity index (χ2n) is 14.0. The highest BCUT2D eigenvalue weighted by molar-refractivity contribution is 6.02. The van der Waals surface area contributed by atoms with Crippen LogP contribution in [0.4, 0.5) is 10.5 Å². The Bertz CT molecular complexity index is 1650. The Morgan fingerprint density at radius 3 is 2.13 bits per heavy atom. The van der Waals surface area contributed by atoms with E-state index < -0.39 is 24.2 Å². The van der Waals surface area contributed by atoms with E-state index in [2.05, 4.69) is 0 Å². The molecule has 246 valence electrons. The number of amides is 3. The predicted molar refractivity (Wildman–Crippen MR) is 177 cm³/mol. The number of likely N-dealkylation sites (tertiary alicyclic amines) is 1. The first-order valence-corrected chi connectivity index (χ1v) is 16.4. The molecule has 3 aliphatic heterocycles. The van der Waals surface area contributed by atoms with E-state index in [4.69, 9.17) is 9.47 Å². The molecule has 0 unspecified atom stereocenters. The molecule has 1 fully saturated rings. The van der Waals surface area contributed by atoms with E-state index in [0.29, 0.717) is 37.9 Å². The topological polar surface area (TPSA) is 96.5 Å². The molecule has 3 aromatic rings. The van der Waals surface area contributed by atoms with E-state index >= 15 is 0 Å². The molecule has 3 aliphatic rings. The number of ether oxygens (including phenoxy) is 2. The van der Waals surface area contributed by atoms with E-state index in [9.17, 15) is 19.2 Å². The average Bonchev–Trinajstić information content (AvgIpc) is 3.69. The lowest BCUT2D eigenvalue weighted by Gasteiger charge is -2.41. The van der Waals surface area contributed by atoms with Crippen molar-refractivity contribution in [3.8, 4) is 0 Å². The van der Waals surface area contributed by atoms with Crippen molar-refractivity contribution in [3.63, 3.8) is 0 Å². The molecule has 0 radical (unpaired) electrons. The van der Waals surface area contributed by atoms with E-state index in [1.807, 2.05) is 99.6 Å². The Morgan fingerprint density at radius 1 is 0.766 bits per heavy atom. The number of para-hydroxylation sites is 1. The molecular weight excluding hydrogens is 594 g/mol. The van der Waals surface area contributed by atoms with Crippen LogP contribution in [0.2, 0.25) is 0 Å². The van der Waals surface area contributed by atoms with Crippen molar-refractivity contribution < 1.29 is 28.7 Å². The monoisotopic (exact) mass is 637 g/mol. The third kappa shape index (κ3) is 6.62. The summed E-state index contributed by atoms with van der Waals surface area (Å²) < 4.78 is 10.8. The van der Waals surface area contributed by atoms with Crippen molar-refractivity contribution >= 4 is 29.6 Å². The number of rotatable bonds is 6. The van der Waals surface area contributed by atoms with E-state index in [-0.39, 0.29) is 42.3 Å². The maximum absolute atomic E-state index is 14.9. The van der Waals surface area contributed by atoms with Crippen molar-refractivity contribution in [1.29, 1.82) is 0 Å². The number of carbonyl (C=O) groups excluding carboxylic acids is 4. The number of esters is 1. The quantitative estimate of drug-likeness (QED) is 0.315. The molecule has 0 spiro atoms. The van der Waals surface area contributed by atoms with Crippen LogP contribution in [0.1, 0.15) is 68.3 Å². The van der Waals surface area contributed by atoms with Gasteiger partial charge < -0.3 is 19.3 Å². The van der Waals surface area contributed by atoms with Crippen LogP contribution in [-0.2, 0) is 43.2 Å². The molecule has 3 aromatic carbocycles. The summed E-state index contributed by atoms with van der Waals surface area (Å²) in [6, 6.07) is 22.8. The molecule has 3 heterocycles. The molecule has 4 atom stereocenters. The Balaban J connectivity index is 1.36. The van der Waals surface area contributed by atoms with Crippen LogP contribution in [0.15, 0.2) is 78.9 Å². The van der Waals surface area contributed by atoms with Gasteiger partial charge in [0.05, 0.1) is 31.9 Å². The summed E-state index contributed by atoms with van der Waals surface area (Å²) in [5, 5.41) is 0. The summed E-state index contributed by atoms with van der Waals surface area (Å²) in [4.78, 5) is 60.8. The molecule has 0 aliphatic carbocycles. The summed E-state index contributed by atoms with van der Waals surface area (Å²) in [5.74, 6) is -0.875. The highest BCUT2D eigenvalue weighted by atomic mass is 16.6. The van der Waals surface area contributed by atoms with Gasteiger partial charge in [0, 0.05) is 19.0 Å². The maximum Gasteiger partial charge on any atom is 0.415 e. The third-order valence-electron chi connectivity index (χ3n) is 9.46. The molecule has 0 bridgehead atoms. The molecule has 9 heteroatoms. The van der Waals surface area contributed by atoms with Gasteiger partial charge in [0.25, 0.3) is 0 Å². The second-order valence-corrected chi connectivity index (χ2v) is 14.0. The van der Waals surface area contributed by atoms with Crippen LogP contribution in [0, 0.1) is 5.41 Å². The number of benzene rings is 3. The smallest absolute Gasteiger partial charge is 0.415 e. The minimum Gasteiger partial charge on any atom is -0.469 e. The van der Waals surface area contributed by atoms with Gasteiger partial charge >= 0.3 is 12.1 Å². The average molecular weight is 638 g/mol. The zero-order valence-electron chi connectivity index (χ0n) is 27.6. The van der Waals surface area contributed by atoms with Crippen molar-refractivity contribution in [2.24, 2.45) is 5.41 Å². The van der Waals surface area contributed by atoms with Gasteiger partial charge in [0.15, 0.2) is 0 Å². The SMILES string of the molecule is COC(=O)C[C@H]1Cc2ccccc2CN1C(=O)[C@H]1CC[C@@H](c2ccccc2)N1C(=O)[C@H]1Cc2ccccc2N1C(=O)OCC(C)(C)C. The standard InChI is InChI=1S/C38H43N3O6/c1-38(2,3)24-47-37(45)41-30-17-11-10-15-27(30)21-33(41)36(44)40-31(25-12-6-5-7-13-25)18-19-32(40)35(43)39-23-28-16-9-8-14-26(28)20-29(39)22-34(42)46-4/h5-17,29,31-33H,18-24H2,1-4H3/t29-,31+,32-,33-/m1/s1. The van der Waals surface area contributed by atoms with Crippen LogP contribution in [0.5, 0.6) is 0 Å². The van der Waals surface area contributed by atoms with Gasteiger partial charge in [-0.05, 0) is 53.0 Å². The number of carbonyl (C=O) groups is 4. The molecular formula is C38H43N3O6. The zero-order chi connectivity index (χ0) is 33.3. The molecule has 1 saturated heterocycles. The van der Waals surface area contributed by atoms with Gasteiger partial charge in [-0.3, -0.25) is 19.3 Å². The number of fused-ring (bicyclic) bond motifs is 2. The van der Waals surface area contributed by atoms with Gasteiger partial charge in [-0.15, -0.1) is 0 Å². The zero-order valence-corrected chi connectivity index (χ0v) is 27.6. The molecule has 6 rings (SSSR count). The van der Waals surface area contributed by atoms with E-state index in [1.54, 1.807) is 9.80 Å². The number of hydrogen-bond donors (Lipinski definition) is 0. The van der Waals surface area contributed by atoms with Gasteiger partial charge in [-0.1, -0.05) is 93.6 Å². The largest absolute Gasteiger partial charge is 0.469 e. The Kier molecular flexibility index (Phi) is 9.08. The summed E-state index contributed by atoms with van der Waals surface area (Å²) in [7, 11) is 1.35.